The number of aryl methyl sites for hydroxylation is 2. The third-order valence-electron chi connectivity index (χ3n) is 4.44. The molecule has 0 unspecified atom stereocenters. The molecule has 0 fully saturated rings. The highest BCUT2D eigenvalue weighted by atomic mass is 19.1. The second kappa shape index (κ2) is 5.74. The van der Waals surface area contributed by atoms with E-state index >= 15 is 0 Å². The maximum absolute atomic E-state index is 13.7. The number of H-pyrrole nitrogens is 1. The van der Waals surface area contributed by atoms with Crippen molar-refractivity contribution in [1.82, 2.24) is 4.98 Å². The van der Waals surface area contributed by atoms with Crippen LogP contribution in [-0.4, -0.2) is 10.9 Å². The SMILES string of the molecule is Cc1cc(C)c(/C=C2\C(=O)Nc3cccc(-c4cccc(F)c4)c32)[nH]1. The third-order valence-corrected chi connectivity index (χ3v) is 4.44. The first-order valence-electron chi connectivity index (χ1n) is 8.11. The molecule has 0 saturated carbocycles. The Bertz CT molecular complexity index is 1030. The fraction of sp³-hybridized carbons (Fsp3) is 0.0952. The summed E-state index contributed by atoms with van der Waals surface area (Å²) in [6.45, 7) is 3.98. The van der Waals surface area contributed by atoms with E-state index in [9.17, 15) is 9.18 Å². The quantitative estimate of drug-likeness (QED) is 0.642. The first-order valence-corrected chi connectivity index (χ1v) is 8.11. The van der Waals surface area contributed by atoms with Crippen LogP contribution >= 0.6 is 0 Å². The molecule has 2 aromatic carbocycles. The van der Waals surface area contributed by atoms with Gasteiger partial charge in [-0.2, -0.15) is 0 Å². The largest absolute Gasteiger partial charge is 0.359 e. The van der Waals surface area contributed by atoms with Gasteiger partial charge in [0, 0.05) is 22.6 Å². The van der Waals surface area contributed by atoms with Crippen molar-refractivity contribution < 1.29 is 9.18 Å². The number of benzene rings is 2. The molecule has 4 rings (SSSR count). The number of hydrogen-bond acceptors (Lipinski definition) is 1. The molecule has 0 bridgehead atoms. The van der Waals surface area contributed by atoms with Crippen LogP contribution in [0.15, 0.2) is 48.5 Å². The Balaban J connectivity index is 1.92. The predicted octanol–water partition coefficient (Wildman–Crippen LogP) is 4.93. The van der Waals surface area contributed by atoms with E-state index in [-0.39, 0.29) is 11.7 Å². The third kappa shape index (κ3) is 2.66. The van der Waals surface area contributed by atoms with Gasteiger partial charge in [0.25, 0.3) is 5.91 Å². The summed E-state index contributed by atoms with van der Waals surface area (Å²) < 4.78 is 13.7. The summed E-state index contributed by atoms with van der Waals surface area (Å²) >= 11 is 0. The summed E-state index contributed by atoms with van der Waals surface area (Å²) in [6, 6.07) is 14.1. The van der Waals surface area contributed by atoms with Crippen molar-refractivity contribution >= 4 is 23.2 Å². The lowest BCUT2D eigenvalue weighted by Gasteiger charge is -2.09. The zero-order chi connectivity index (χ0) is 17.6. The molecule has 0 aliphatic carbocycles. The van der Waals surface area contributed by atoms with Gasteiger partial charge in [0.05, 0.1) is 5.57 Å². The summed E-state index contributed by atoms with van der Waals surface area (Å²) in [4.78, 5) is 15.8. The minimum absolute atomic E-state index is 0.148. The normalized spacial score (nSPS) is 14.7. The number of hydrogen-bond donors (Lipinski definition) is 2. The lowest BCUT2D eigenvalue weighted by atomic mass is 9.94. The smallest absolute Gasteiger partial charge is 0.256 e. The van der Waals surface area contributed by atoms with Gasteiger partial charge in [-0.1, -0.05) is 24.3 Å². The zero-order valence-corrected chi connectivity index (χ0v) is 14.0. The van der Waals surface area contributed by atoms with Crippen LogP contribution in [0.5, 0.6) is 0 Å². The van der Waals surface area contributed by atoms with Crippen molar-refractivity contribution in [2.24, 2.45) is 0 Å². The molecule has 0 saturated heterocycles. The lowest BCUT2D eigenvalue weighted by molar-refractivity contribution is -0.110. The highest BCUT2D eigenvalue weighted by Crippen LogP contribution is 2.40. The zero-order valence-electron chi connectivity index (χ0n) is 14.0. The molecule has 3 nitrogen and oxygen atoms in total. The number of rotatable bonds is 2. The molecule has 4 heteroatoms. The van der Waals surface area contributed by atoms with Crippen LogP contribution in [-0.2, 0) is 4.79 Å². The van der Waals surface area contributed by atoms with Crippen LogP contribution in [0, 0.1) is 19.7 Å². The van der Waals surface area contributed by atoms with Gasteiger partial charge in [0.15, 0.2) is 0 Å². The number of aromatic nitrogens is 1. The van der Waals surface area contributed by atoms with Gasteiger partial charge in [-0.05, 0) is 60.9 Å². The van der Waals surface area contributed by atoms with Crippen molar-refractivity contribution in [1.29, 1.82) is 0 Å². The molecule has 0 spiro atoms. The van der Waals surface area contributed by atoms with E-state index in [0.717, 1.165) is 39.3 Å². The van der Waals surface area contributed by atoms with Gasteiger partial charge in [-0.3, -0.25) is 4.79 Å². The lowest BCUT2D eigenvalue weighted by Crippen LogP contribution is -2.03. The van der Waals surface area contributed by atoms with Crippen molar-refractivity contribution in [2.45, 2.75) is 13.8 Å². The molecule has 0 radical (unpaired) electrons. The van der Waals surface area contributed by atoms with Crippen LogP contribution in [0.4, 0.5) is 10.1 Å². The number of aromatic amines is 1. The Kier molecular flexibility index (Phi) is 3.53. The molecule has 0 atom stereocenters. The first-order chi connectivity index (χ1) is 12.0. The Morgan fingerprint density at radius 3 is 2.56 bits per heavy atom. The number of amides is 1. The predicted molar refractivity (Wildman–Crippen MR) is 98.6 cm³/mol. The molecule has 1 aromatic heterocycles. The van der Waals surface area contributed by atoms with Crippen molar-refractivity contribution in [3.63, 3.8) is 0 Å². The Morgan fingerprint density at radius 1 is 1.04 bits per heavy atom. The minimum atomic E-state index is -0.297. The number of nitrogens with one attached hydrogen (secondary N) is 2. The number of carbonyl (C=O) groups is 1. The number of carbonyl (C=O) groups excluding carboxylic acids is 1. The monoisotopic (exact) mass is 332 g/mol. The Morgan fingerprint density at radius 2 is 1.84 bits per heavy atom. The summed E-state index contributed by atoms with van der Waals surface area (Å²) in [5, 5.41) is 2.90. The summed E-state index contributed by atoms with van der Waals surface area (Å²) in [5.74, 6) is -0.445. The van der Waals surface area contributed by atoms with Crippen molar-refractivity contribution in [3.8, 4) is 11.1 Å². The molecule has 1 aliphatic rings. The van der Waals surface area contributed by atoms with Gasteiger partial charge < -0.3 is 10.3 Å². The van der Waals surface area contributed by atoms with Crippen LogP contribution in [0.25, 0.3) is 22.8 Å². The second-order valence-electron chi connectivity index (χ2n) is 6.30. The topological polar surface area (TPSA) is 44.9 Å². The molecule has 1 aliphatic heterocycles. The van der Waals surface area contributed by atoms with Crippen LogP contribution < -0.4 is 5.32 Å². The molecular formula is C21H17FN2O. The maximum Gasteiger partial charge on any atom is 0.256 e. The average Bonchev–Trinajstić information content (AvgIpc) is 3.06. The Labute approximate surface area is 145 Å². The van der Waals surface area contributed by atoms with Gasteiger partial charge in [0.2, 0.25) is 0 Å². The minimum Gasteiger partial charge on any atom is -0.359 e. The van der Waals surface area contributed by atoms with Gasteiger partial charge in [-0.15, -0.1) is 0 Å². The number of fused-ring (bicyclic) bond motifs is 1. The molecular weight excluding hydrogens is 315 g/mol. The highest BCUT2D eigenvalue weighted by molar-refractivity contribution is 6.36. The van der Waals surface area contributed by atoms with E-state index in [1.807, 2.05) is 50.3 Å². The molecule has 2 N–H and O–H groups in total. The molecule has 25 heavy (non-hydrogen) atoms. The van der Waals surface area contributed by atoms with Crippen molar-refractivity contribution in [2.75, 3.05) is 5.32 Å². The maximum atomic E-state index is 13.7. The summed E-state index contributed by atoms with van der Waals surface area (Å²) in [7, 11) is 0. The molecule has 3 aromatic rings. The van der Waals surface area contributed by atoms with E-state index in [1.165, 1.54) is 12.1 Å². The fourth-order valence-electron chi connectivity index (χ4n) is 3.33. The standard InChI is InChI=1S/C21H17FN2O/c1-12-9-13(2)23-19(12)11-17-20-16(14-5-3-6-15(22)10-14)7-4-8-18(20)24-21(17)25/h3-11,23H,1-2H3,(H,24,25)/b17-11-. The summed E-state index contributed by atoms with van der Waals surface area (Å²) in [6.07, 6.45) is 1.87. The van der Waals surface area contributed by atoms with E-state index in [2.05, 4.69) is 10.3 Å². The Hall–Kier alpha value is -3.14. The number of anilines is 1. The molecule has 2 heterocycles. The second-order valence-corrected chi connectivity index (χ2v) is 6.30. The van der Waals surface area contributed by atoms with Crippen LogP contribution in [0.2, 0.25) is 0 Å². The average molecular weight is 332 g/mol. The van der Waals surface area contributed by atoms with Gasteiger partial charge in [-0.25, -0.2) is 4.39 Å². The fourth-order valence-corrected chi connectivity index (χ4v) is 3.33. The first kappa shape index (κ1) is 15.4. The summed E-state index contributed by atoms with van der Waals surface area (Å²) in [5.41, 5.74) is 6.75. The van der Waals surface area contributed by atoms with Crippen molar-refractivity contribution in [3.05, 3.63) is 76.9 Å². The van der Waals surface area contributed by atoms with Crippen LogP contribution in [0.1, 0.15) is 22.5 Å². The van der Waals surface area contributed by atoms with E-state index in [1.54, 1.807) is 6.07 Å². The van der Waals surface area contributed by atoms with Gasteiger partial charge in [0.1, 0.15) is 5.82 Å². The van der Waals surface area contributed by atoms with Gasteiger partial charge >= 0.3 is 0 Å². The highest BCUT2D eigenvalue weighted by Gasteiger charge is 2.27. The molecule has 1 amide bonds. The molecule has 124 valence electrons. The number of halogens is 1. The van der Waals surface area contributed by atoms with E-state index in [0.29, 0.717) is 5.57 Å². The van der Waals surface area contributed by atoms with E-state index < -0.39 is 0 Å². The van der Waals surface area contributed by atoms with E-state index in [4.69, 9.17) is 0 Å². The van der Waals surface area contributed by atoms with Crippen LogP contribution in [0.3, 0.4) is 0 Å².